The van der Waals surface area contributed by atoms with Gasteiger partial charge in [0.2, 0.25) is 5.13 Å². The Labute approximate surface area is 125 Å². The van der Waals surface area contributed by atoms with Crippen LogP contribution in [0, 0.1) is 0 Å². The van der Waals surface area contributed by atoms with Gasteiger partial charge < -0.3 is 10.6 Å². The number of hydrogen-bond donors (Lipinski definition) is 1. The van der Waals surface area contributed by atoms with Gasteiger partial charge in [0.15, 0.2) is 0 Å². The van der Waals surface area contributed by atoms with Crippen molar-refractivity contribution >= 4 is 22.6 Å². The number of carbonyl (C=O) groups is 1. The number of nitrogens with two attached hydrogens (primary N) is 1. The molecular formula is C13H16N6OS. The van der Waals surface area contributed by atoms with Crippen LogP contribution in [0.4, 0.5) is 5.13 Å². The molecule has 2 aromatic heterocycles. The maximum Gasteiger partial charge on any atom is 0.251 e. The number of carbonyl (C=O) groups excluding carboxylic acids is 1. The summed E-state index contributed by atoms with van der Waals surface area (Å²) in [7, 11) is 0. The maximum absolute atomic E-state index is 11.1. The van der Waals surface area contributed by atoms with Crippen LogP contribution in [0.15, 0.2) is 12.4 Å². The zero-order chi connectivity index (χ0) is 14.4. The predicted molar refractivity (Wildman–Crippen MR) is 78.5 cm³/mol. The monoisotopic (exact) mass is 304 g/mol. The average molecular weight is 304 g/mol. The maximum atomic E-state index is 11.1. The first kappa shape index (κ1) is 12.8. The molecule has 1 atom stereocenters. The van der Waals surface area contributed by atoms with E-state index in [-0.39, 0.29) is 6.04 Å². The van der Waals surface area contributed by atoms with E-state index in [1.807, 2.05) is 4.68 Å². The van der Waals surface area contributed by atoms with E-state index in [0.717, 1.165) is 30.5 Å². The molecule has 4 rings (SSSR count). The molecule has 7 nitrogen and oxygen atoms in total. The fourth-order valence-electron chi connectivity index (χ4n) is 2.66. The van der Waals surface area contributed by atoms with Gasteiger partial charge in [0.25, 0.3) is 5.91 Å². The second-order valence-corrected chi connectivity index (χ2v) is 6.40. The van der Waals surface area contributed by atoms with E-state index in [4.69, 9.17) is 5.73 Å². The third-order valence-electron chi connectivity index (χ3n) is 4.07. The van der Waals surface area contributed by atoms with Crippen molar-refractivity contribution in [2.45, 2.75) is 31.2 Å². The summed E-state index contributed by atoms with van der Waals surface area (Å²) in [5.41, 5.74) is 5.72. The summed E-state index contributed by atoms with van der Waals surface area (Å²) in [6, 6.07) is 0.256. The van der Waals surface area contributed by atoms with Crippen LogP contribution in [-0.2, 0) is 0 Å². The van der Waals surface area contributed by atoms with Crippen molar-refractivity contribution in [2.75, 3.05) is 18.0 Å². The molecule has 2 aromatic rings. The summed E-state index contributed by atoms with van der Waals surface area (Å²) in [5, 5.41) is 5.25. The van der Waals surface area contributed by atoms with Crippen molar-refractivity contribution in [1.82, 2.24) is 19.1 Å². The topological polar surface area (TPSA) is 89.9 Å². The van der Waals surface area contributed by atoms with Gasteiger partial charge in [-0.2, -0.15) is 9.47 Å². The van der Waals surface area contributed by atoms with Crippen LogP contribution in [-0.4, -0.2) is 38.1 Å². The molecule has 1 unspecified atom stereocenters. The first-order valence-corrected chi connectivity index (χ1v) is 7.90. The van der Waals surface area contributed by atoms with Gasteiger partial charge in [0, 0.05) is 36.7 Å². The number of primary amides is 1. The molecule has 1 saturated heterocycles. The van der Waals surface area contributed by atoms with Crippen LogP contribution >= 0.6 is 11.5 Å². The number of hydrogen-bond acceptors (Lipinski definition) is 6. The van der Waals surface area contributed by atoms with Crippen LogP contribution < -0.4 is 10.6 Å². The summed E-state index contributed by atoms with van der Waals surface area (Å²) in [6.45, 7) is 1.79. The van der Waals surface area contributed by atoms with Gasteiger partial charge in [0.1, 0.15) is 5.82 Å². The molecule has 0 bridgehead atoms. The summed E-state index contributed by atoms with van der Waals surface area (Å²) in [5.74, 6) is 1.17. The zero-order valence-electron chi connectivity index (χ0n) is 11.5. The molecule has 0 aromatic carbocycles. The van der Waals surface area contributed by atoms with E-state index >= 15 is 0 Å². The molecule has 2 N–H and O–H groups in total. The van der Waals surface area contributed by atoms with Crippen molar-refractivity contribution in [2.24, 2.45) is 5.73 Å². The van der Waals surface area contributed by atoms with E-state index in [2.05, 4.69) is 19.4 Å². The average Bonchev–Trinajstić information content (AvgIpc) is 2.95. The first-order valence-electron chi connectivity index (χ1n) is 7.13. The van der Waals surface area contributed by atoms with E-state index in [1.165, 1.54) is 30.6 Å². The van der Waals surface area contributed by atoms with Crippen LogP contribution in [0.3, 0.4) is 0 Å². The van der Waals surface area contributed by atoms with E-state index in [1.54, 1.807) is 6.20 Å². The molecule has 1 aliphatic carbocycles. The minimum atomic E-state index is -0.436. The van der Waals surface area contributed by atoms with Gasteiger partial charge in [-0.05, 0) is 19.3 Å². The molecule has 0 radical (unpaired) electrons. The summed E-state index contributed by atoms with van der Waals surface area (Å²) in [4.78, 5) is 18.0. The molecule has 1 saturated carbocycles. The lowest BCUT2D eigenvalue weighted by Gasteiger charge is -2.14. The van der Waals surface area contributed by atoms with E-state index in [0.29, 0.717) is 11.5 Å². The van der Waals surface area contributed by atoms with Crippen molar-refractivity contribution in [3.05, 3.63) is 23.8 Å². The molecule has 1 aliphatic heterocycles. The van der Waals surface area contributed by atoms with Gasteiger partial charge in [0.05, 0.1) is 17.8 Å². The van der Waals surface area contributed by atoms with Crippen molar-refractivity contribution < 1.29 is 4.79 Å². The summed E-state index contributed by atoms with van der Waals surface area (Å²) in [6.07, 6.45) is 6.69. The quantitative estimate of drug-likeness (QED) is 0.915. The second-order valence-electron chi connectivity index (χ2n) is 5.67. The Morgan fingerprint density at radius 3 is 2.95 bits per heavy atom. The summed E-state index contributed by atoms with van der Waals surface area (Å²) >= 11 is 1.48. The third kappa shape index (κ3) is 2.39. The highest BCUT2D eigenvalue weighted by Crippen LogP contribution is 2.40. The number of aromatic nitrogens is 4. The molecule has 0 spiro atoms. The van der Waals surface area contributed by atoms with Gasteiger partial charge >= 0.3 is 0 Å². The minimum Gasteiger partial charge on any atom is -0.366 e. The lowest BCUT2D eigenvalue weighted by molar-refractivity contribution is 0.1000. The molecule has 21 heavy (non-hydrogen) atoms. The highest BCUT2D eigenvalue weighted by molar-refractivity contribution is 7.09. The Balaban J connectivity index is 1.46. The fourth-order valence-corrected chi connectivity index (χ4v) is 3.44. The molecule has 110 valence electrons. The minimum absolute atomic E-state index is 0.256. The Morgan fingerprint density at radius 1 is 1.38 bits per heavy atom. The number of rotatable bonds is 4. The van der Waals surface area contributed by atoms with Crippen LogP contribution in [0.1, 0.15) is 47.4 Å². The highest BCUT2D eigenvalue weighted by atomic mass is 32.1. The fraction of sp³-hybridized carbons (Fsp3) is 0.538. The highest BCUT2D eigenvalue weighted by Gasteiger charge is 2.31. The SMILES string of the molecule is NC(=O)c1cnn(C2CCN(c3nc(C4CC4)ns3)C2)c1. The molecular weight excluding hydrogens is 288 g/mol. The molecule has 1 amide bonds. The third-order valence-corrected chi connectivity index (χ3v) is 4.86. The Hall–Kier alpha value is -1.96. The van der Waals surface area contributed by atoms with E-state index < -0.39 is 5.91 Å². The lowest BCUT2D eigenvalue weighted by Crippen LogP contribution is -2.21. The smallest absolute Gasteiger partial charge is 0.251 e. The Morgan fingerprint density at radius 2 is 2.24 bits per heavy atom. The van der Waals surface area contributed by atoms with Crippen LogP contribution in [0.2, 0.25) is 0 Å². The standard InChI is InChI=1S/C13H16N6OS/c14-11(20)9-5-15-19(6-9)10-3-4-18(7-10)13-16-12(17-21-13)8-1-2-8/h5-6,8,10H,1-4,7H2,(H2,14,20). The van der Waals surface area contributed by atoms with E-state index in [9.17, 15) is 4.79 Å². The first-order chi connectivity index (χ1) is 10.2. The lowest BCUT2D eigenvalue weighted by atomic mass is 10.3. The summed E-state index contributed by atoms with van der Waals surface area (Å²) < 4.78 is 6.29. The Kier molecular flexibility index (Phi) is 2.91. The van der Waals surface area contributed by atoms with Gasteiger partial charge in [-0.1, -0.05) is 0 Å². The second kappa shape index (κ2) is 4.80. The normalized spacial score (nSPS) is 21.9. The van der Waals surface area contributed by atoms with Crippen molar-refractivity contribution in [1.29, 1.82) is 0 Å². The largest absolute Gasteiger partial charge is 0.366 e. The number of nitrogens with zero attached hydrogens (tertiary/aromatic N) is 5. The molecule has 8 heteroatoms. The molecule has 3 heterocycles. The van der Waals surface area contributed by atoms with Crippen molar-refractivity contribution in [3.63, 3.8) is 0 Å². The number of anilines is 1. The van der Waals surface area contributed by atoms with Gasteiger partial charge in [-0.15, -0.1) is 0 Å². The Bertz CT molecular complexity index is 676. The molecule has 2 aliphatic rings. The predicted octanol–water partition coefficient (Wildman–Crippen LogP) is 1.16. The van der Waals surface area contributed by atoms with Gasteiger partial charge in [-0.25, -0.2) is 4.98 Å². The van der Waals surface area contributed by atoms with Crippen LogP contribution in [0.25, 0.3) is 0 Å². The zero-order valence-corrected chi connectivity index (χ0v) is 12.3. The van der Waals surface area contributed by atoms with Crippen molar-refractivity contribution in [3.8, 4) is 0 Å². The van der Waals surface area contributed by atoms with Crippen LogP contribution in [0.5, 0.6) is 0 Å². The van der Waals surface area contributed by atoms with Gasteiger partial charge in [-0.3, -0.25) is 9.48 Å². The number of amides is 1. The molecule has 2 fully saturated rings.